The van der Waals surface area contributed by atoms with Crippen LogP contribution in [0, 0.1) is 6.92 Å². The summed E-state index contributed by atoms with van der Waals surface area (Å²) in [6, 6.07) is 14.4. The molecule has 24 heavy (non-hydrogen) atoms. The van der Waals surface area contributed by atoms with E-state index in [-0.39, 0.29) is 4.90 Å². The molecule has 0 N–H and O–H groups in total. The lowest BCUT2D eigenvalue weighted by molar-refractivity contribution is 0.510. The van der Waals surface area contributed by atoms with Gasteiger partial charge in [-0.2, -0.15) is 8.42 Å². The molecular weight excluding hydrogens is 364 g/mol. The van der Waals surface area contributed by atoms with Gasteiger partial charge in [0, 0.05) is 22.3 Å². The topological polar surface area (TPSA) is 43.4 Å². The van der Waals surface area contributed by atoms with Crippen LogP contribution in [0.3, 0.4) is 0 Å². The molecule has 130 valence electrons. The predicted octanol–water partition coefficient (Wildman–Crippen LogP) is 5.07. The van der Waals surface area contributed by atoms with Crippen molar-refractivity contribution in [2.24, 2.45) is 0 Å². The lowest BCUT2D eigenvalue weighted by Crippen LogP contribution is -2.16. The fraction of sp³-hybridized carbons (Fsp3) is 0.333. The third kappa shape index (κ3) is 4.14. The van der Waals surface area contributed by atoms with E-state index >= 15 is 0 Å². The van der Waals surface area contributed by atoms with Crippen LogP contribution < -0.4 is 0 Å². The molecule has 1 fully saturated rings. The average molecular weight is 385 g/mol. The number of benzene rings is 2. The van der Waals surface area contributed by atoms with E-state index in [9.17, 15) is 8.42 Å². The number of rotatable bonds is 5. The van der Waals surface area contributed by atoms with Crippen molar-refractivity contribution in [3.63, 3.8) is 0 Å². The maximum Gasteiger partial charge on any atom is 0.306 e. The van der Waals surface area contributed by atoms with E-state index in [1.165, 1.54) is 0 Å². The van der Waals surface area contributed by atoms with Crippen molar-refractivity contribution >= 4 is 32.0 Å². The summed E-state index contributed by atoms with van der Waals surface area (Å²) < 4.78 is 31.3. The van der Waals surface area contributed by atoms with Gasteiger partial charge in [-0.25, -0.2) is 3.63 Å². The maximum absolute atomic E-state index is 12.7. The van der Waals surface area contributed by atoms with Crippen LogP contribution in [0.1, 0.15) is 24.0 Å². The van der Waals surface area contributed by atoms with Crippen molar-refractivity contribution < 1.29 is 12.0 Å². The van der Waals surface area contributed by atoms with E-state index in [1.807, 2.05) is 31.2 Å². The molecule has 1 heterocycles. The lowest BCUT2D eigenvalue weighted by Gasteiger charge is -2.34. The Morgan fingerprint density at radius 3 is 2.17 bits per heavy atom. The van der Waals surface area contributed by atoms with Gasteiger partial charge in [0.1, 0.15) is 0 Å². The van der Waals surface area contributed by atoms with E-state index < -0.39 is 20.4 Å². The van der Waals surface area contributed by atoms with Gasteiger partial charge in [-0.05, 0) is 49.6 Å². The Balaban J connectivity index is 1.85. The molecule has 2 aromatic rings. The first-order valence-electron chi connectivity index (χ1n) is 7.92. The predicted molar refractivity (Wildman–Crippen MR) is 101 cm³/mol. The Kier molecular flexibility index (Phi) is 5.25. The van der Waals surface area contributed by atoms with Gasteiger partial charge < -0.3 is 0 Å². The van der Waals surface area contributed by atoms with Crippen LogP contribution in [-0.2, 0) is 19.5 Å². The highest BCUT2D eigenvalue weighted by molar-refractivity contribution is 8.32. The number of hydrogen-bond donors (Lipinski definition) is 0. The summed E-state index contributed by atoms with van der Waals surface area (Å²) in [6.07, 6.45) is 2.04. The summed E-state index contributed by atoms with van der Waals surface area (Å²) in [7, 11) is -5.41. The Morgan fingerprint density at radius 2 is 1.58 bits per heavy atom. The first-order valence-corrected chi connectivity index (χ1v) is 11.8. The Bertz CT molecular complexity index is 793. The maximum atomic E-state index is 12.7. The molecule has 0 bridgehead atoms. The summed E-state index contributed by atoms with van der Waals surface area (Å²) >= 11 is 5.94. The average Bonchev–Trinajstić information content (AvgIpc) is 2.97. The summed E-state index contributed by atoms with van der Waals surface area (Å²) in [5, 5.41) is 0.683. The Morgan fingerprint density at radius 1 is 1.00 bits per heavy atom. The van der Waals surface area contributed by atoms with E-state index in [4.69, 9.17) is 15.2 Å². The fourth-order valence-electron chi connectivity index (χ4n) is 2.89. The van der Waals surface area contributed by atoms with Gasteiger partial charge in [-0.1, -0.05) is 41.4 Å². The molecule has 3 nitrogen and oxygen atoms in total. The van der Waals surface area contributed by atoms with E-state index in [2.05, 4.69) is 0 Å². The molecule has 0 radical (unpaired) electrons. The van der Waals surface area contributed by atoms with E-state index in [0.717, 1.165) is 35.5 Å². The first-order chi connectivity index (χ1) is 11.4. The van der Waals surface area contributed by atoms with Crippen molar-refractivity contribution in [3.05, 3.63) is 64.7 Å². The SMILES string of the molecule is Cc1ccc(S(=O)(=O)OS2(Cc3ccc(Cl)cc3)CCCC2)cc1. The van der Waals surface area contributed by atoms with Crippen LogP contribution in [-0.4, -0.2) is 19.9 Å². The van der Waals surface area contributed by atoms with Crippen LogP contribution in [0.2, 0.25) is 5.02 Å². The van der Waals surface area contributed by atoms with Crippen molar-refractivity contribution in [2.45, 2.75) is 30.4 Å². The van der Waals surface area contributed by atoms with Gasteiger partial charge in [-0.3, -0.25) is 0 Å². The Hall–Kier alpha value is -1.01. The van der Waals surface area contributed by atoms with E-state index in [1.54, 1.807) is 24.3 Å². The highest BCUT2D eigenvalue weighted by Gasteiger charge is 2.35. The number of hydrogen-bond acceptors (Lipinski definition) is 3. The summed E-state index contributed by atoms with van der Waals surface area (Å²) in [5.74, 6) is 2.33. The molecule has 2 aromatic carbocycles. The van der Waals surface area contributed by atoms with Crippen molar-refractivity contribution in [1.82, 2.24) is 0 Å². The standard InChI is InChI=1S/C18H21ClO3S2/c1-15-4-10-18(11-5-15)24(20,21)22-23(12-2-3-13-23)14-16-6-8-17(19)9-7-16/h4-11H,2-3,12-14H2,1H3. The van der Waals surface area contributed by atoms with Crippen LogP contribution in [0.5, 0.6) is 0 Å². The summed E-state index contributed by atoms with van der Waals surface area (Å²) in [5.41, 5.74) is 2.11. The number of halogens is 1. The fourth-order valence-corrected chi connectivity index (χ4v) is 8.81. The highest BCUT2D eigenvalue weighted by Crippen LogP contribution is 2.59. The van der Waals surface area contributed by atoms with Crippen LogP contribution in [0.25, 0.3) is 0 Å². The minimum atomic E-state index is -3.74. The van der Waals surface area contributed by atoms with Crippen LogP contribution in [0.4, 0.5) is 0 Å². The minimum Gasteiger partial charge on any atom is -0.216 e. The summed E-state index contributed by atoms with van der Waals surface area (Å²) in [4.78, 5) is 0.239. The van der Waals surface area contributed by atoms with Crippen molar-refractivity contribution in [2.75, 3.05) is 11.5 Å². The normalized spacial score (nSPS) is 18.4. The van der Waals surface area contributed by atoms with Gasteiger partial charge in [0.2, 0.25) is 0 Å². The third-order valence-corrected chi connectivity index (χ3v) is 10.1. The van der Waals surface area contributed by atoms with Crippen LogP contribution in [0.15, 0.2) is 53.4 Å². The molecule has 0 atom stereocenters. The van der Waals surface area contributed by atoms with E-state index in [0.29, 0.717) is 10.8 Å². The molecule has 0 spiro atoms. The van der Waals surface area contributed by atoms with Gasteiger partial charge in [0.15, 0.2) is 0 Å². The molecule has 0 aliphatic carbocycles. The van der Waals surface area contributed by atoms with Gasteiger partial charge in [0.25, 0.3) is 0 Å². The smallest absolute Gasteiger partial charge is 0.216 e. The van der Waals surface area contributed by atoms with Gasteiger partial charge >= 0.3 is 10.1 Å². The monoisotopic (exact) mass is 384 g/mol. The summed E-state index contributed by atoms with van der Waals surface area (Å²) in [6.45, 7) is 1.93. The molecule has 0 aromatic heterocycles. The Labute approximate surface area is 150 Å². The molecule has 6 heteroatoms. The van der Waals surface area contributed by atoms with Gasteiger partial charge in [-0.15, -0.1) is 10.3 Å². The van der Waals surface area contributed by atoms with Crippen molar-refractivity contribution in [3.8, 4) is 0 Å². The molecule has 0 amide bonds. The zero-order valence-corrected chi connectivity index (χ0v) is 16.0. The van der Waals surface area contributed by atoms with Gasteiger partial charge in [0.05, 0.1) is 4.90 Å². The number of aryl methyl sites for hydroxylation is 1. The first kappa shape index (κ1) is 17.8. The zero-order chi connectivity index (χ0) is 17.2. The largest absolute Gasteiger partial charge is 0.306 e. The highest BCUT2D eigenvalue weighted by atomic mass is 35.5. The molecule has 1 aliphatic heterocycles. The molecule has 0 saturated carbocycles. The zero-order valence-electron chi connectivity index (χ0n) is 13.6. The second-order valence-corrected chi connectivity index (χ2v) is 11.6. The second kappa shape index (κ2) is 7.08. The molecular formula is C18H21ClO3S2. The second-order valence-electron chi connectivity index (χ2n) is 6.19. The van der Waals surface area contributed by atoms with Crippen molar-refractivity contribution in [1.29, 1.82) is 0 Å². The molecule has 1 aliphatic rings. The molecule has 0 unspecified atom stereocenters. The quantitative estimate of drug-likeness (QED) is 0.722. The van der Waals surface area contributed by atoms with Crippen LogP contribution >= 0.6 is 21.9 Å². The lowest BCUT2D eigenvalue weighted by atomic mass is 10.2. The minimum absolute atomic E-state index is 0.239. The molecule has 3 rings (SSSR count). The third-order valence-electron chi connectivity index (χ3n) is 4.17. The molecule has 1 saturated heterocycles.